The fraction of sp³-hybridized carbons (Fsp3) is 0.433. The topological polar surface area (TPSA) is 109 Å². The molecule has 1 aliphatic carbocycles. The minimum Gasteiger partial charge on any atom is -0.504 e. The average Bonchev–Trinajstić information content (AvgIpc) is 3.16. The molecule has 0 unspecified atom stereocenters. The molecule has 2 aromatic rings. The van der Waals surface area contributed by atoms with Crippen LogP contribution in [0, 0.1) is 21.3 Å². The first kappa shape index (κ1) is 28.8. The SMILES string of the molecule is CCCC1=C2[C@@H](CC/C(=C/c3cc(I)c(O)c(OC)c3)c3ccccn3)OB(O)C[C@@H]2[C@@H]2C(=O)N(C)C(=O)[C@@H]2C1. The first-order valence-electron chi connectivity index (χ1n) is 13.8. The summed E-state index contributed by atoms with van der Waals surface area (Å²) < 4.78 is 12.2. The molecule has 1 aromatic carbocycles. The van der Waals surface area contributed by atoms with Crippen molar-refractivity contribution < 1.29 is 29.1 Å². The summed E-state index contributed by atoms with van der Waals surface area (Å²) in [6.07, 6.45) is 7.27. The summed E-state index contributed by atoms with van der Waals surface area (Å²) in [4.78, 5) is 31.9. The van der Waals surface area contributed by atoms with Crippen molar-refractivity contribution in [1.82, 2.24) is 9.88 Å². The number of hydrogen-bond donors (Lipinski definition) is 2. The summed E-state index contributed by atoms with van der Waals surface area (Å²) in [6.45, 7) is 2.12. The molecular formula is C30H34BIN2O6. The number of imide groups is 1. The molecule has 0 bridgehead atoms. The lowest BCUT2D eigenvalue weighted by Crippen LogP contribution is -2.46. The van der Waals surface area contributed by atoms with E-state index in [9.17, 15) is 19.7 Å². The Hall–Kier alpha value is -2.70. The Kier molecular flexibility index (Phi) is 8.68. The lowest BCUT2D eigenvalue weighted by atomic mass is 9.58. The van der Waals surface area contributed by atoms with E-state index in [0.29, 0.717) is 34.9 Å². The van der Waals surface area contributed by atoms with Crippen LogP contribution < -0.4 is 4.74 Å². The molecule has 210 valence electrons. The van der Waals surface area contributed by atoms with Gasteiger partial charge in [-0.1, -0.05) is 25.0 Å². The molecule has 8 nitrogen and oxygen atoms in total. The number of likely N-dealkylation sites (tertiary alicyclic amines) is 1. The molecule has 0 radical (unpaired) electrons. The quantitative estimate of drug-likeness (QED) is 0.179. The lowest BCUT2D eigenvalue weighted by Gasteiger charge is -2.43. The van der Waals surface area contributed by atoms with Crippen molar-refractivity contribution in [2.75, 3.05) is 14.2 Å². The molecule has 4 atom stereocenters. The van der Waals surface area contributed by atoms with E-state index in [2.05, 4.69) is 34.5 Å². The van der Waals surface area contributed by atoms with Crippen LogP contribution in [0.5, 0.6) is 11.5 Å². The molecule has 0 saturated carbocycles. The summed E-state index contributed by atoms with van der Waals surface area (Å²) in [5.41, 5.74) is 4.96. The number of aromatic nitrogens is 1. The number of benzene rings is 1. The van der Waals surface area contributed by atoms with Crippen LogP contribution >= 0.6 is 22.6 Å². The zero-order chi connectivity index (χ0) is 28.6. The van der Waals surface area contributed by atoms with Crippen molar-refractivity contribution in [2.45, 2.75) is 51.5 Å². The smallest absolute Gasteiger partial charge is 0.455 e. The number of pyridine rings is 1. The molecule has 2 N–H and O–H groups in total. The maximum absolute atomic E-state index is 13.2. The molecule has 0 spiro atoms. The van der Waals surface area contributed by atoms with Crippen molar-refractivity contribution >= 4 is 53.2 Å². The van der Waals surface area contributed by atoms with Crippen LogP contribution in [-0.2, 0) is 14.2 Å². The summed E-state index contributed by atoms with van der Waals surface area (Å²) in [6, 6.07) is 9.45. The summed E-state index contributed by atoms with van der Waals surface area (Å²) >= 11 is 2.08. The predicted octanol–water partition coefficient (Wildman–Crippen LogP) is 4.95. The molecule has 2 fully saturated rings. The van der Waals surface area contributed by atoms with Crippen LogP contribution in [0.3, 0.4) is 0 Å². The van der Waals surface area contributed by atoms with Crippen molar-refractivity contribution in [1.29, 1.82) is 0 Å². The molecular weight excluding hydrogens is 622 g/mol. The van der Waals surface area contributed by atoms with Crippen molar-refractivity contribution in [3.8, 4) is 11.5 Å². The largest absolute Gasteiger partial charge is 0.504 e. The Bertz CT molecular complexity index is 1360. The number of ether oxygens (including phenoxy) is 1. The molecule has 2 amide bonds. The van der Waals surface area contributed by atoms with E-state index in [4.69, 9.17) is 9.39 Å². The zero-order valence-electron chi connectivity index (χ0n) is 23.0. The number of carbonyl (C=O) groups excluding carboxylic acids is 2. The number of hydrogen-bond acceptors (Lipinski definition) is 7. The number of aromatic hydroxyl groups is 1. The van der Waals surface area contributed by atoms with Crippen LogP contribution in [0.15, 0.2) is 47.7 Å². The predicted molar refractivity (Wildman–Crippen MR) is 161 cm³/mol. The number of amides is 2. The van der Waals surface area contributed by atoms with Gasteiger partial charge in [-0.2, -0.15) is 0 Å². The first-order chi connectivity index (χ1) is 19.2. The highest BCUT2D eigenvalue weighted by Crippen LogP contribution is 2.51. The molecule has 3 aliphatic rings. The normalized spacial score (nSPS) is 24.9. The van der Waals surface area contributed by atoms with Gasteiger partial charge in [0, 0.05) is 13.2 Å². The van der Waals surface area contributed by atoms with Gasteiger partial charge in [0.15, 0.2) is 11.5 Å². The fourth-order valence-electron chi connectivity index (χ4n) is 6.61. The van der Waals surface area contributed by atoms with Crippen LogP contribution in [0.25, 0.3) is 11.6 Å². The molecule has 1 aromatic heterocycles. The number of carbonyl (C=O) groups is 2. The third-order valence-electron chi connectivity index (χ3n) is 8.36. The number of nitrogens with zero attached hydrogens (tertiary/aromatic N) is 2. The fourth-order valence-corrected chi connectivity index (χ4v) is 7.23. The number of allylic oxidation sites excluding steroid dienone is 2. The summed E-state index contributed by atoms with van der Waals surface area (Å²) in [7, 11) is 2.09. The van der Waals surface area contributed by atoms with Crippen molar-refractivity contribution in [2.24, 2.45) is 17.8 Å². The van der Waals surface area contributed by atoms with Gasteiger partial charge in [0.2, 0.25) is 11.8 Å². The van der Waals surface area contributed by atoms with E-state index >= 15 is 0 Å². The van der Waals surface area contributed by atoms with Crippen molar-refractivity contribution in [3.05, 3.63) is 62.5 Å². The summed E-state index contributed by atoms with van der Waals surface area (Å²) in [5.74, 6) is -0.758. The van der Waals surface area contributed by atoms with Gasteiger partial charge in [0.25, 0.3) is 0 Å². The molecule has 5 rings (SSSR count). The van der Waals surface area contributed by atoms with E-state index in [1.165, 1.54) is 17.6 Å². The number of halogens is 1. The highest BCUT2D eigenvalue weighted by molar-refractivity contribution is 14.1. The van der Waals surface area contributed by atoms with Gasteiger partial charge in [0.1, 0.15) is 0 Å². The van der Waals surface area contributed by atoms with Crippen LogP contribution in [0.1, 0.15) is 50.3 Å². The third kappa shape index (κ3) is 5.45. The van der Waals surface area contributed by atoms with Gasteiger partial charge in [0.05, 0.1) is 34.3 Å². The minimum absolute atomic E-state index is 0.104. The maximum atomic E-state index is 13.2. The highest BCUT2D eigenvalue weighted by Gasteiger charge is 2.56. The number of phenols is 1. The Balaban J connectivity index is 1.50. The number of fused-ring (bicyclic) bond motifs is 3. The monoisotopic (exact) mass is 656 g/mol. The Morgan fingerprint density at radius 1 is 1.27 bits per heavy atom. The first-order valence-corrected chi connectivity index (χ1v) is 14.9. The van der Waals surface area contributed by atoms with E-state index < -0.39 is 13.0 Å². The van der Waals surface area contributed by atoms with Gasteiger partial charge in [-0.15, -0.1) is 0 Å². The Morgan fingerprint density at radius 3 is 2.77 bits per heavy atom. The van der Waals surface area contributed by atoms with Gasteiger partial charge in [-0.3, -0.25) is 19.5 Å². The van der Waals surface area contributed by atoms with Gasteiger partial charge < -0.3 is 19.5 Å². The number of methoxy groups -OCH3 is 1. The minimum atomic E-state index is -1.00. The molecule has 10 heteroatoms. The molecule has 3 heterocycles. The van der Waals surface area contributed by atoms with Crippen molar-refractivity contribution in [3.63, 3.8) is 0 Å². The van der Waals surface area contributed by atoms with Crippen LogP contribution in [0.4, 0.5) is 0 Å². The molecule has 2 saturated heterocycles. The highest BCUT2D eigenvalue weighted by atomic mass is 127. The molecule has 2 aliphatic heterocycles. The van der Waals surface area contributed by atoms with E-state index in [0.717, 1.165) is 35.2 Å². The van der Waals surface area contributed by atoms with Gasteiger partial charge in [-0.25, -0.2) is 0 Å². The average molecular weight is 656 g/mol. The second-order valence-electron chi connectivity index (χ2n) is 10.8. The second-order valence-corrected chi connectivity index (χ2v) is 11.9. The van der Waals surface area contributed by atoms with E-state index in [1.54, 1.807) is 19.3 Å². The summed E-state index contributed by atoms with van der Waals surface area (Å²) in [5, 5.41) is 21.1. The lowest BCUT2D eigenvalue weighted by molar-refractivity contribution is -0.138. The maximum Gasteiger partial charge on any atom is 0.455 e. The van der Waals surface area contributed by atoms with Crippen LogP contribution in [-0.4, -0.2) is 59.2 Å². The third-order valence-corrected chi connectivity index (χ3v) is 9.18. The van der Waals surface area contributed by atoms with Gasteiger partial charge >= 0.3 is 7.12 Å². The van der Waals surface area contributed by atoms with Gasteiger partial charge in [-0.05, 0) is 108 Å². The zero-order valence-corrected chi connectivity index (χ0v) is 25.1. The number of rotatable bonds is 8. The van der Waals surface area contributed by atoms with Crippen LogP contribution in [0.2, 0.25) is 6.32 Å². The van der Waals surface area contributed by atoms with E-state index in [1.807, 2.05) is 30.3 Å². The standard InChI is InChI=1S/C30H34BIN2O6/c1-4-7-19-15-20-27(30(37)34(2)29(20)36)21-16-31(38)40-24(26(19)21)10-9-18(23-8-5-6-11-33-23)12-17-13-22(32)28(35)25(14-17)39-3/h5-6,8,11-14,20-21,24,27,35,38H,4,7,9-10,15-16H2,1-3H3/b18-12-/t20-,21+,24-,27-/m1/s1. The second kappa shape index (κ2) is 12.0. The Labute approximate surface area is 248 Å². The Morgan fingerprint density at radius 2 is 2.08 bits per heavy atom. The molecule has 40 heavy (non-hydrogen) atoms. The van der Waals surface area contributed by atoms with E-state index in [-0.39, 0.29) is 35.5 Å². The number of phenolic OH excluding ortho intramolecular Hbond substituents is 1.